The van der Waals surface area contributed by atoms with E-state index in [4.69, 9.17) is 4.52 Å². The number of benzene rings is 1. The molecule has 0 bridgehead atoms. The van der Waals surface area contributed by atoms with Crippen LogP contribution in [0.2, 0.25) is 0 Å². The molecule has 3 rings (SSSR count). The van der Waals surface area contributed by atoms with Crippen molar-refractivity contribution in [3.8, 4) is 17.1 Å². The number of piperazine rings is 1. The molecule has 0 aliphatic carbocycles. The minimum absolute atomic E-state index is 0.162. The number of rotatable bonds is 3. The number of hydrogen-bond acceptors (Lipinski definition) is 6. The number of likely N-dealkylation sites (N-methyl/N-ethyl adjacent to an activating group) is 1. The Morgan fingerprint density at radius 1 is 1.45 bits per heavy atom. The molecule has 6 nitrogen and oxygen atoms in total. The summed E-state index contributed by atoms with van der Waals surface area (Å²) in [5.74, 6) is 1.19. The largest absolute Gasteiger partial charge is 0.507 e. The highest BCUT2D eigenvalue weighted by atomic mass is 16.5. The molecule has 106 valence electrons. The van der Waals surface area contributed by atoms with Crippen LogP contribution in [0, 0.1) is 0 Å². The van der Waals surface area contributed by atoms with Gasteiger partial charge in [-0.25, -0.2) is 0 Å². The average Bonchev–Trinajstić information content (AvgIpc) is 2.87. The van der Waals surface area contributed by atoms with Crippen LogP contribution in [-0.4, -0.2) is 52.9 Å². The molecule has 0 saturated carbocycles. The topological polar surface area (TPSA) is 74.4 Å². The fourth-order valence-electron chi connectivity index (χ4n) is 2.45. The number of phenols is 1. The Hall–Kier alpha value is -1.92. The number of phenolic OH excluding ortho intramolecular Hbond substituents is 1. The number of aromatic hydroxyl groups is 1. The molecule has 1 saturated heterocycles. The first-order valence-corrected chi connectivity index (χ1v) is 6.75. The van der Waals surface area contributed by atoms with Crippen LogP contribution in [-0.2, 0) is 6.42 Å². The first kappa shape index (κ1) is 13.1. The molecule has 2 heterocycles. The summed E-state index contributed by atoms with van der Waals surface area (Å²) in [6, 6.07) is 7.32. The van der Waals surface area contributed by atoms with Gasteiger partial charge in [-0.3, -0.25) is 0 Å². The molecule has 1 atom stereocenters. The smallest absolute Gasteiger partial charge is 0.228 e. The Morgan fingerprint density at radius 2 is 2.30 bits per heavy atom. The Kier molecular flexibility index (Phi) is 3.66. The van der Waals surface area contributed by atoms with Gasteiger partial charge in [0.05, 0.1) is 5.56 Å². The molecule has 0 amide bonds. The second-order valence-electron chi connectivity index (χ2n) is 5.15. The van der Waals surface area contributed by atoms with Crippen LogP contribution < -0.4 is 5.32 Å². The summed E-state index contributed by atoms with van der Waals surface area (Å²) in [6.45, 7) is 3.00. The molecule has 2 aromatic rings. The fourth-order valence-corrected chi connectivity index (χ4v) is 2.45. The highest BCUT2D eigenvalue weighted by Gasteiger charge is 2.20. The third-order valence-electron chi connectivity index (χ3n) is 3.49. The maximum Gasteiger partial charge on any atom is 0.228 e. The van der Waals surface area contributed by atoms with E-state index in [1.165, 1.54) is 0 Å². The predicted octanol–water partition coefficient (Wildman–Crippen LogP) is 0.888. The van der Waals surface area contributed by atoms with Crippen molar-refractivity contribution in [2.75, 3.05) is 26.7 Å². The molecular weight excluding hydrogens is 256 g/mol. The Balaban J connectivity index is 1.72. The van der Waals surface area contributed by atoms with Crippen molar-refractivity contribution in [1.82, 2.24) is 20.4 Å². The van der Waals surface area contributed by atoms with Crippen LogP contribution in [0.5, 0.6) is 5.75 Å². The number of nitrogens with one attached hydrogen (secondary N) is 1. The van der Waals surface area contributed by atoms with Crippen molar-refractivity contribution in [1.29, 1.82) is 0 Å². The van der Waals surface area contributed by atoms with Gasteiger partial charge in [0.25, 0.3) is 0 Å². The van der Waals surface area contributed by atoms with Crippen LogP contribution in [0.4, 0.5) is 0 Å². The van der Waals surface area contributed by atoms with E-state index in [0.717, 1.165) is 19.6 Å². The van der Waals surface area contributed by atoms with Crippen molar-refractivity contribution in [3.05, 3.63) is 30.2 Å². The van der Waals surface area contributed by atoms with E-state index in [1.807, 2.05) is 6.07 Å². The SMILES string of the molecule is CN1CCNC(Cc2nc(-c3ccccc3O)no2)C1. The van der Waals surface area contributed by atoms with Gasteiger partial charge in [-0.2, -0.15) is 4.98 Å². The Labute approximate surface area is 117 Å². The molecule has 6 heteroatoms. The van der Waals surface area contributed by atoms with E-state index < -0.39 is 0 Å². The van der Waals surface area contributed by atoms with Crippen molar-refractivity contribution in [2.24, 2.45) is 0 Å². The van der Waals surface area contributed by atoms with Gasteiger partial charge in [-0.15, -0.1) is 0 Å². The lowest BCUT2D eigenvalue weighted by Gasteiger charge is -2.29. The van der Waals surface area contributed by atoms with Crippen molar-refractivity contribution >= 4 is 0 Å². The van der Waals surface area contributed by atoms with Crippen LogP contribution in [0.1, 0.15) is 5.89 Å². The first-order chi connectivity index (χ1) is 9.72. The highest BCUT2D eigenvalue weighted by molar-refractivity contribution is 5.62. The van der Waals surface area contributed by atoms with Gasteiger partial charge in [0.1, 0.15) is 5.75 Å². The molecule has 2 N–H and O–H groups in total. The molecule has 0 spiro atoms. The number of para-hydroxylation sites is 1. The minimum Gasteiger partial charge on any atom is -0.507 e. The fraction of sp³-hybridized carbons (Fsp3) is 0.429. The van der Waals surface area contributed by atoms with Gasteiger partial charge in [-0.05, 0) is 19.2 Å². The third-order valence-corrected chi connectivity index (χ3v) is 3.49. The maximum atomic E-state index is 9.79. The van der Waals surface area contributed by atoms with Gasteiger partial charge in [0.15, 0.2) is 0 Å². The van der Waals surface area contributed by atoms with Crippen LogP contribution in [0.3, 0.4) is 0 Å². The number of aromatic nitrogens is 2. The summed E-state index contributed by atoms with van der Waals surface area (Å²) in [5.41, 5.74) is 0.594. The Bertz CT molecular complexity index is 584. The number of nitrogens with zero attached hydrogens (tertiary/aromatic N) is 3. The van der Waals surface area contributed by atoms with E-state index >= 15 is 0 Å². The molecule has 1 fully saturated rings. The summed E-state index contributed by atoms with van der Waals surface area (Å²) in [7, 11) is 2.11. The standard InChI is InChI=1S/C14H18N4O2/c1-18-7-6-15-10(9-18)8-13-16-14(17-20-13)11-4-2-3-5-12(11)19/h2-5,10,15,19H,6-9H2,1H3. The average molecular weight is 274 g/mol. The highest BCUT2D eigenvalue weighted by Crippen LogP contribution is 2.26. The molecule has 1 aromatic heterocycles. The molecular formula is C14H18N4O2. The van der Waals surface area contributed by atoms with Crippen LogP contribution >= 0.6 is 0 Å². The quantitative estimate of drug-likeness (QED) is 0.866. The summed E-state index contributed by atoms with van der Waals surface area (Å²) in [6.07, 6.45) is 0.699. The van der Waals surface area contributed by atoms with E-state index in [0.29, 0.717) is 29.7 Å². The molecule has 1 aliphatic heterocycles. The Morgan fingerprint density at radius 3 is 3.10 bits per heavy atom. The third kappa shape index (κ3) is 2.81. The van der Waals surface area contributed by atoms with Gasteiger partial charge in [-0.1, -0.05) is 17.3 Å². The lowest BCUT2D eigenvalue weighted by atomic mass is 10.1. The minimum atomic E-state index is 0.162. The lowest BCUT2D eigenvalue weighted by molar-refractivity contribution is 0.227. The summed E-state index contributed by atoms with van der Waals surface area (Å²) >= 11 is 0. The second kappa shape index (κ2) is 5.60. The maximum absolute atomic E-state index is 9.79. The van der Waals surface area contributed by atoms with E-state index in [1.54, 1.807) is 18.2 Å². The van der Waals surface area contributed by atoms with Gasteiger partial charge < -0.3 is 19.8 Å². The zero-order valence-corrected chi connectivity index (χ0v) is 11.4. The van der Waals surface area contributed by atoms with Crippen LogP contribution in [0.25, 0.3) is 11.4 Å². The summed E-state index contributed by atoms with van der Waals surface area (Å²) < 4.78 is 5.28. The summed E-state index contributed by atoms with van der Waals surface area (Å²) in [4.78, 5) is 6.64. The van der Waals surface area contributed by atoms with E-state index in [9.17, 15) is 5.11 Å². The molecule has 0 radical (unpaired) electrons. The van der Waals surface area contributed by atoms with E-state index in [2.05, 4.69) is 27.4 Å². The number of hydrogen-bond donors (Lipinski definition) is 2. The van der Waals surface area contributed by atoms with Crippen molar-refractivity contribution < 1.29 is 9.63 Å². The molecule has 1 unspecified atom stereocenters. The molecule has 1 aromatic carbocycles. The molecule has 20 heavy (non-hydrogen) atoms. The zero-order valence-electron chi connectivity index (χ0n) is 11.4. The van der Waals surface area contributed by atoms with Crippen LogP contribution in [0.15, 0.2) is 28.8 Å². The van der Waals surface area contributed by atoms with Crippen molar-refractivity contribution in [3.63, 3.8) is 0 Å². The normalized spacial score (nSPS) is 20.1. The first-order valence-electron chi connectivity index (χ1n) is 6.75. The summed E-state index contributed by atoms with van der Waals surface area (Å²) in [5, 5.41) is 17.2. The van der Waals surface area contributed by atoms with E-state index in [-0.39, 0.29) is 5.75 Å². The predicted molar refractivity (Wildman–Crippen MR) is 74.4 cm³/mol. The molecule has 1 aliphatic rings. The monoisotopic (exact) mass is 274 g/mol. The van der Waals surface area contributed by atoms with Gasteiger partial charge >= 0.3 is 0 Å². The zero-order chi connectivity index (χ0) is 13.9. The van der Waals surface area contributed by atoms with Gasteiger partial charge in [0, 0.05) is 32.1 Å². The van der Waals surface area contributed by atoms with Gasteiger partial charge in [0.2, 0.25) is 11.7 Å². The second-order valence-corrected chi connectivity index (χ2v) is 5.15. The van der Waals surface area contributed by atoms with Crippen molar-refractivity contribution in [2.45, 2.75) is 12.5 Å². The lowest BCUT2D eigenvalue weighted by Crippen LogP contribution is -2.49.